The van der Waals surface area contributed by atoms with Crippen LogP contribution in [0, 0.1) is 0 Å². The zero-order chi connectivity index (χ0) is 13.0. The molecule has 0 saturated heterocycles. The number of hydrogen-bond acceptors (Lipinski definition) is 2. The highest BCUT2D eigenvalue weighted by molar-refractivity contribution is 5.79. The van der Waals surface area contributed by atoms with Crippen LogP contribution in [0.3, 0.4) is 0 Å². The normalized spacial score (nSPS) is 12.2. The molecule has 0 radical (unpaired) electrons. The Hall–Kier alpha value is -1.32. The zero-order valence-electron chi connectivity index (χ0n) is 11.5. The molecule has 0 aliphatic heterocycles. The van der Waals surface area contributed by atoms with Crippen LogP contribution in [0.15, 0.2) is 30.5 Å². The van der Waals surface area contributed by atoms with Crippen molar-refractivity contribution in [2.45, 2.75) is 32.9 Å². The summed E-state index contributed by atoms with van der Waals surface area (Å²) in [6.45, 7) is 9.47. The first-order chi connectivity index (χ1) is 8.54. The fourth-order valence-electron chi connectivity index (χ4n) is 1.97. The molecule has 0 bridgehead atoms. The molecule has 1 aromatic carbocycles. The van der Waals surface area contributed by atoms with E-state index in [0.29, 0.717) is 0 Å². The molecule has 0 fully saturated rings. The Bertz CT molecular complexity index is 494. The van der Waals surface area contributed by atoms with Crippen LogP contribution in [-0.2, 0) is 6.54 Å². The van der Waals surface area contributed by atoms with Crippen molar-refractivity contribution in [1.82, 2.24) is 15.6 Å². The summed E-state index contributed by atoms with van der Waals surface area (Å²) in [6, 6.07) is 8.65. The van der Waals surface area contributed by atoms with E-state index in [4.69, 9.17) is 0 Å². The van der Waals surface area contributed by atoms with Gasteiger partial charge < -0.3 is 15.6 Å². The third-order valence-electron chi connectivity index (χ3n) is 2.90. The Morgan fingerprint density at radius 2 is 1.94 bits per heavy atom. The fourth-order valence-corrected chi connectivity index (χ4v) is 1.97. The highest BCUT2D eigenvalue weighted by Gasteiger charge is 2.06. The van der Waals surface area contributed by atoms with Crippen LogP contribution in [0.1, 0.15) is 26.3 Å². The highest BCUT2D eigenvalue weighted by atomic mass is 15.0. The van der Waals surface area contributed by atoms with Crippen molar-refractivity contribution >= 4 is 10.9 Å². The SMILES string of the molecule is CC(C)(C)NCCNCc1ccc2[nH]ccc2c1. The van der Waals surface area contributed by atoms with Crippen molar-refractivity contribution in [2.75, 3.05) is 13.1 Å². The second-order valence-corrected chi connectivity index (χ2v) is 5.75. The number of H-pyrrole nitrogens is 1. The van der Waals surface area contributed by atoms with Gasteiger partial charge in [-0.25, -0.2) is 0 Å². The van der Waals surface area contributed by atoms with Crippen molar-refractivity contribution in [3.8, 4) is 0 Å². The summed E-state index contributed by atoms with van der Waals surface area (Å²) in [7, 11) is 0. The Kier molecular flexibility index (Phi) is 4.04. The standard InChI is InChI=1S/C15H23N3/c1-15(2,3)18-9-8-16-11-12-4-5-14-13(10-12)6-7-17-14/h4-7,10,16-18H,8-9,11H2,1-3H3. The summed E-state index contributed by atoms with van der Waals surface area (Å²) in [5.41, 5.74) is 2.73. The van der Waals surface area contributed by atoms with Crippen LogP contribution in [0.2, 0.25) is 0 Å². The summed E-state index contributed by atoms with van der Waals surface area (Å²) in [4.78, 5) is 3.21. The summed E-state index contributed by atoms with van der Waals surface area (Å²) in [5.74, 6) is 0. The largest absolute Gasteiger partial charge is 0.361 e. The Morgan fingerprint density at radius 3 is 2.72 bits per heavy atom. The first-order valence-electron chi connectivity index (χ1n) is 6.56. The van der Waals surface area contributed by atoms with E-state index in [1.165, 1.54) is 16.5 Å². The van der Waals surface area contributed by atoms with Gasteiger partial charge in [0.1, 0.15) is 0 Å². The van der Waals surface area contributed by atoms with Crippen LogP contribution in [-0.4, -0.2) is 23.6 Å². The van der Waals surface area contributed by atoms with E-state index < -0.39 is 0 Å². The number of aromatic nitrogens is 1. The molecule has 3 N–H and O–H groups in total. The van der Waals surface area contributed by atoms with Gasteiger partial charge in [-0.2, -0.15) is 0 Å². The quantitative estimate of drug-likeness (QED) is 0.709. The summed E-state index contributed by atoms with van der Waals surface area (Å²) in [5, 5.41) is 8.20. The van der Waals surface area contributed by atoms with Crippen molar-refractivity contribution in [3.05, 3.63) is 36.0 Å². The third-order valence-corrected chi connectivity index (χ3v) is 2.90. The van der Waals surface area contributed by atoms with Crippen LogP contribution < -0.4 is 10.6 Å². The van der Waals surface area contributed by atoms with Crippen LogP contribution in [0.4, 0.5) is 0 Å². The third kappa shape index (κ3) is 3.86. The van der Waals surface area contributed by atoms with E-state index in [0.717, 1.165) is 19.6 Å². The summed E-state index contributed by atoms with van der Waals surface area (Å²) < 4.78 is 0. The second-order valence-electron chi connectivity index (χ2n) is 5.75. The monoisotopic (exact) mass is 245 g/mol. The lowest BCUT2D eigenvalue weighted by Gasteiger charge is -2.20. The topological polar surface area (TPSA) is 39.8 Å². The van der Waals surface area contributed by atoms with Gasteiger partial charge in [0.25, 0.3) is 0 Å². The predicted octanol–water partition coefficient (Wildman–Crippen LogP) is 2.65. The van der Waals surface area contributed by atoms with Crippen molar-refractivity contribution in [2.24, 2.45) is 0 Å². The number of benzene rings is 1. The van der Waals surface area contributed by atoms with E-state index in [1.807, 2.05) is 6.20 Å². The minimum absolute atomic E-state index is 0.200. The molecule has 0 atom stereocenters. The van der Waals surface area contributed by atoms with E-state index in [2.05, 4.69) is 60.7 Å². The van der Waals surface area contributed by atoms with E-state index in [-0.39, 0.29) is 5.54 Å². The maximum atomic E-state index is 3.47. The number of fused-ring (bicyclic) bond motifs is 1. The molecule has 3 nitrogen and oxygen atoms in total. The maximum Gasteiger partial charge on any atom is 0.0454 e. The Labute approximate surface area is 109 Å². The number of aromatic amines is 1. The molecule has 18 heavy (non-hydrogen) atoms. The summed E-state index contributed by atoms with van der Waals surface area (Å²) in [6.07, 6.45) is 1.98. The van der Waals surface area contributed by atoms with Gasteiger partial charge in [-0.15, -0.1) is 0 Å². The molecule has 0 aliphatic rings. The van der Waals surface area contributed by atoms with Crippen molar-refractivity contribution < 1.29 is 0 Å². The molecule has 2 rings (SSSR count). The van der Waals surface area contributed by atoms with Crippen LogP contribution >= 0.6 is 0 Å². The zero-order valence-corrected chi connectivity index (χ0v) is 11.5. The van der Waals surface area contributed by atoms with Crippen LogP contribution in [0.5, 0.6) is 0 Å². The smallest absolute Gasteiger partial charge is 0.0454 e. The fraction of sp³-hybridized carbons (Fsp3) is 0.467. The minimum Gasteiger partial charge on any atom is -0.361 e. The van der Waals surface area contributed by atoms with E-state index in [1.54, 1.807) is 0 Å². The first-order valence-corrected chi connectivity index (χ1v) is 6.56. The lowest BCUT2D eigenvalue weighted by atomic mass is 10.1. The lowest BCUT2D eigenvalue weighted by molar-refractivity contribution is 0.421. The van der Waals surface area contributed by atoms with Crippen molar-refractivity contribution in [1.29, 1.82) is 0 Å². The Balaban J connectivity index is 1.76. The highest BCUT2D eigenvalue weighted by Crippen LogP contribution is 2.13. The molecule has 0 saturated carbocycles. The van der Waals surface area contributed by atoms with E-state index >= 15 is 0 Å². The molecule has 2 aromatic rings. The van der Waals surface area contributed by atoms with Gasteiger partial charge in [-0.1, -0.05) is 6.07 Å². The Morgan fingerprint density at radius 1 is 1.11 bits per heavy atom. The average molecular weight is 245 g/mol. The summed E-state index contributed by atoms with van der Waals surface area (Å²) >= 11 is 0. The predicted molar refractivity (Wildman–Crippen MR) is 77.8 cm³/mol. The maximum absolute atomic E-state index is 3.47. The first kappa shape index (κ1) is 13.1. The second kappa shape index (κ2) is 5.55. The minimum atomic E-state index is 0.200. The van der Waals surface area contributed by atoms with Gasteiger partial charge in [0.2, 0.25) is 0 Å². The molecule has 0 unspecified atom stereocenters. The van der Waals surface area contributed by atoms with Gasteiger partial charge in [0.15, 0.2) is 0 Å². The van der Waals surface area contributed by atoms with Crippen molar-refractivity contribution in [3.63, 3.8) is 0 Å². The molecule has 0 spiro atoms. The van der Waals surface area contributed by atoms with Gasteiger partial charge in [0.05, 0.1) is 0 Å². The molecule has 3 heteroatoms. The van der Waals surface area contributed by atoms with Crippen LogP contribution in [0.25, 0.3) is 10.9 Å². The van der Waals surface area contributed by atoms with Gasteiger partial charge in [-0.05, 0) is 49.9 Å². The molecular formula is C15H23N3. The molecule has 1 aromatic heterocycles. The number of rotatable bonds is 5. The molecular weight excluding hydrogens is 222 g/mol. The van der Waals surface area contributed by atoms with Gasteiger partial charge >= 0.3 is 0 Å². The average Bonchev–Trinajstić information content (AvgIpc) is 2.74. The van der Waals surface area contributed by atoms with Gasteiger partial charge in [0, 0.05) is 36.9 Å². The lowest BCUT2D eigenvalue weighted by Crippen LogP contribution is -2.40. The molecule has 0 amide bonds. The molecule has 98 valence electrons. The van der Waals surface area contributed by atoms with E-state index in [9.17, 15) is 0 Å². The molecule has 0 aliphatic carbocycles. The number of hydrogen-bond donors (Lipinski definition) is 3. The van der Waals surface area contributed by atoms with Gasteiger partial charge in [-0.3, -0.25) is 0 Å². The number of nitrogens with one attached hydrogen (secondary N) is 3. The molecule has 1 heterocycles.